The fourth-order valence-electron chi connectivity index (χ4n) is 9.60. The highest BCUT2D eigenvalue weighted by atomic mass is 35.5. The molecule has 2 N–H and O–H groups in total. The van der Waals surface area contributed by atoms with Crippen LogP contribution >= 0.6 is 22.9 Å². The average Bonchev–Trinajstić information content (AvgIpc) is 4.17. The van der Waals surface area contributed by atoms with E-state index in [2.05, 4.69) is 15.0 Å². The van der Waals surface area contributed by atoms with Gasteiger partial charge < -0.3 is 29.2 Å². The Morgan fingerprint density at radius 1 is 0.719 bits per heavy atom. The van der Waals surface area contributed by atoms with Gasteiger partial charge in [-0.1, -0.05) is 47.2 Å². The van der Waals surface area contributed by atoms with E-state index in [1.54, 1.807) is 59.9 Å². The predicted molar refractivity (Wildman–Crippen MR) is 247 cm³/mol. The number of hydrogen-bond donors (Lipinski definition) is 2. The summed E-state index contributed by atoms with van der Waals surface area (Å²) in [7, 11) is 0. The van der Waals surface area contributed by atoms with Crippen molar-refractivity contribution in [2.45, 2.75) is 108 Å². The van der Waals surface area contributed by atoms with E-state index in [4.69, 9.17) is 30.5 Å². The maximum Gasteiger partial charge on any atom is 0.279 e. The first kappa shape index (κ1) is 42.3. The topological polar surface area (TPSA) is 150 Å². The van der Waals surface area contributed by atoms with Gasteiger partial charge in [0.1, 0.15) is 45.4 Å². The van der Waals surface area contributed by atoms with Gasteiger partial charge >= 0.3 is 0 Å². The number of hydrogen-bond acceptors (Lipinski definition) is 12. The minimum Gasteiger partial charge on any atom is -0.508 e. The van der Waals surface area contributed by atoms with Crippen LogP contribution in [0.1, 0.15) is 108 Å². The third-order valence-electron chi connectivity index (χ3n) is 12.9. The molecule has 64 heavy (non-hydrogen) atoms. The first-order valence-corrected chi connectivity index (χ1v) is 22.8. The number of ether oxygens (including phenoxy) is 4. The monoisotopic (exact) mass is 897 g/mol. The summed E-state index contributed by atoms with van der Waals surface area (Å²) in [5.41, 5.74) is 0.576. The quantitative estimate of drug-likeness (QED) is 0.135. The molecule has 6 aromatic rings. The normalized spacial score (nSPS) is 23.8. The van der Waals surface area contributed by atoms with Crippen LogP contribution in [0.25, 0.3) is 32.4 Å². The summed E-state index contributed by atoms with van der Waals surface area (Å²) >= 11 is 7.61. The van der Waals surface area contributed by atoms with E-state index >= 15 is 4.79 Å². The molecule has 0 bridgehead atoms. The van der Waals surface area contributed by atoms with Crippen LogP contribution in [-0.4, -0.2) is 59.1 Å². The Bertz CT molecular complexity index is 3020. The van der Waals surface area contributed by atoms with E-state index in [1.807, 2.05) is 73.7 Å². The SMILES string of the molecule is CC1(C)OC(C)(C)C(O)=C(c2cc(Oc3cnc4ccccc4n3)ccc2C2CC2CC2(C)OC(C)(C)C(O)=C(c3cc(Oc4nc5ccc(Cl)cc5s4)ccc3C3CC3)C2=O)C1=O. The molecule has 4 heterocycles. The second kappa shape index (κ2) is 14.9. The number of nitrogens with zero attached hydrogens (tertiary/aromatic N) is 3. The molecule has 11 nitrogen and oxygen atoms in total. The van der Waals surface area contributed by atoms with Crippen molar-refractivity contribution in [3.63, 3.8) is 0 Å². The Morgan fingerprint density at radius 3 is 2.08 bits per heavy atom. The van der Waals surface area contributed by atoms with E-state index in [9.17, 15) is 15.0 Å². The second-order valence-corrected chi connectivity index (χ2v) is 20.6. The molecule has 4 aliphatic rings. The van der Waals surface area contributed by atoms with Gasteiger partial charge in [-0.05, 0) is 169 Å². The van der Waals surface area contributed by atoms with Gasteiger partial charge in [-0.2, -0.15) is 0 Å². The number of aromatic nitrogens is 3. The molecule has 2 fully saturated rings. The Morgan fingerprint density at radius 2 is 1.36 bits per heavy atom. The summed E-state index contributed by atoms with van der Waals surface area (Å²) in [4.78, 5) is 43.1. The smallest absolute Gasteiger partial charge is 0.279 e. The number of benzene rings is 4. The van der Waals surface area contributed by atoms with Crippen molar-refractivity contribution in [3.8, 4) is 22.6 Å². The minimum absolute atomic E-state index is 0.0491. The zero-order valence-corrected chi connectivity index (χ0v) is 38.2. The van der Waals surface area contributed by atoms with Crippen LogP contribution in [0.4, 0.5) is 0 Å². The summed E-state index contributed by atoms with van der Waals surface area (Å²) in [5, 5.41) is 24.8. The van der Waals surface area contributed by atoms with Crippen LogP contribution in [-0.2, 0) is 19.1 Å². The lowest BCUT2D eigenvalue weighted by Gasteiger charge is -2.43. The lowest BCUT2D eigenvalue weighted by Crippen LogP contribution is -2.51. The van der Waals surface area contributed by atoms with Gasteiger partial charge in [0.2, 0.25) is 5.88 Å². The van der Waals surface area contributed by atoms with Crippen molar-refractivity contribution in [1.82, 2.24) is 15.0 Å². The van der Waals surface area contributed by atoms with E-state index in [0.717, 1.165) is 39.7 Å². The van der Waals surface area contributed by atoms with Crippen molar-refractivity contribution in [1.29, 1.82) is 0 Å². The Hall–Kier alpha value is -5.66. The molecule has 2 aliphatic heterocycles. The van der Waals surface area contributed by atoms with Crippen molar-refractivity contribution < 1.29 is 38.7 Å². The second-order valence-electron chi connectivity index (χ2n) is 19.1. The minimum atomic E-state index is -1.33. The molecule has 2 aromatic heterocycles. The summed E-state index contributed by atoms with van der Waals surface area (Å²) in [6, 6.07) is 24.2. The first-order valence-electron chi connectivity index (χ1n) is 21.6. The molecule has 4 aromatic carbocycles. The Kier molecular flexibility index (Phi) is 9.88. The maximum absolute atomic E-state index is 15.1. The first-order chi connectivity index (χ1) is 30.3. The highest BCUT2D eigenvalue weighted by Gasteiger charge is 2.55. The molecule has 10 rings (SSSR count). The van der Waals surface area contributed by atoms with Crippen LogP contribution in [0, 0.1) is 5.92 Å². The zero-order valence-electron chi connectivity index (χ0n) is 36.6. The summed E-state index contributed by atoms with van der Waals surface area (Å²) in [6.07, 6.45) is 4.53. The van der Waals surface area contributed by atoms with Gasteiger partial charge in [0.05, 0.1) is 38.6 Å². The molecular formula is C51H48ClN3O8S. The summed E-state index contributed by atoms with van der Waals surface area (Å²) in [6.45, 7) is 12.3. The molecule has 13 heteroatoms. The molecule has 3 unspecified atom stereocenters. The number of carbonyl (C=O) groups excluding carboxylic acids is 2. The summed E-state index contributed by atoms with van der Waals surface area (Å²) < 4.78 is 26.2. The lowest BCUT2D eigenvalue weighted by atomic mass is 9.77. The Balaban J connectivity index is 0.982. The molecule has 0 radical (unpaired) electrons. The van der Waals surface area contributed by atoms with Gasteiger partial charge in [-0.3, -0.25) is 9.59 Å². The van der Waals surface area contributed by atoms with Crippen LogP contribution in [0.3, 0.4) is 0 Å². The fraction of sp³-hybridized carbons (Fsp3) is 0.353. The van der Waals surface area contributed by atoms with Gasteiger partial charge in [0.25, 0.3) is 5.19 Å². The van der Waals surface area contributed by atoms with Crippen molar-refractivity contribution >= 4 is 66.9 Å². The van der Waals surface area contributed by atoms with E-state index < -0.39 is 22.4 Å². The number of rotatable bonds is 10. The van der Waals surface area contributed by atoms with Crippen molar-refractivity contribution in [3.05, 3.63) is 124 Å². The van der Waals surface area contributed by atoms with E-state index in [1.165, 1.54) is 11.3 Å². The van der Waals surface area contributed by atoms with Gasteiger partial charge in [0.15, 0.2) is 11.6 Å². The molecule has 3 atom stereocenters. The van der Waals surface area contributed by atoms with Crippen molar-refractivity contribution in [2.24, 2.45) is 5.92 Å². The molecule has 0 spiro atoms. The number of carbonyl (C=O) groups is 2. The van der Waals surface area contributed by atoms with Gasteiger partial charge in [-0.15, -0.1) is 0 Å². The number of thiazole rings is 1. The summed E-state index contributed by atoms with van der Waals surface area (Å²) in [5.74, 6) is 0.296. The van der Waals surface area contributed by atoms with E-state index in [0.29, 0.717) is 51.2 Å². The molecule has 2 aliphatic carbocycles. The molecule has 328 valence electrons. The number of aliphatic hydroxyl groups is 2. The molecule has 0 amide bonds. The maximum atomic E-state index is 15.1. The van der Waals surface area contributed by atoms with Crippen molar-refractivity contribution in [2.75, 3.05) is 0 Å². The van der Waals surface area contributed by atoms with Gasteiger partial charge in [0, 0.05) is 5.02 Å². The number of fused-ring (bicyclic) bond motifs is 2. The van der Waals surface area contributed by atoms with Gasteiger partial charge in [-0.25, -0.2) is 15.0 Å². The molecule has 2 saturated carbocycles. The molecule has 0 saturated heterocycles. The van der Waals surface area contributed by atoms with Crippen LogP contribution < -0.4 is 9.47 Å². The average molecular weight is 898 g/mol. The number of ketones is 2. The van der Waals surface area contributed by atoms with Crippen LogP contribution in [0.5, 0.6) is 22.6 Å². The molecular weight excluding hydrogens is 850 g/mol. The zero-order chi connectivity index (χ0) is 45.1. The fourth-order valence-corrected chi connectivity index (χ4v) is 10.7. The van der Waals surface area contributed by atoms with E-state index in [-0.39, 0.29) is 57.9 Å². The third kappa shape index (κ3) is 7.53. The highest BCUT2D eigenvalue weighted by Crippen LogP contribution is 2.57. The largest absolute Gasteiger partial charge is 0.508 e. The Labute approximate surface area is 379 Å². The predicted octanol–water partition coefficient (Wildman–Crippen LogP) is 12.4. The number of halogens is 1. The number of para-hydroxylation sites is 2. The number of aliphatic hydroxyl groups excluding tert-OH is 2. The van der Waals surface area contributed by atoms with Crippen LogP contribution in [0.2, 0.25) is 5.02 Å². The standard InChI is InChI=1S/C51H48ClN3O8S/c1-48(2)43(56)41(44(57)49(3,4)62-48)35-22-29(60-40-25-53-36-10-8-9-11-37(36)54-40)16-18-32(35)33-20-27(33)24-51(7)46(59)42(45(58)50(5,6)63-51)34-23-30(15-17-31(34)26-12-13-26)61-47-55-38-19-14-28(52)21-39(38)64-47/h8-11,14-19,21-23,25-27,33,56,58H,12-13,20,24H2,1-7H3. The number of Topliss-reactive ketones (excluding diaryl/α,β-unsaturated/α-hetero) is 2. The highest BCUT2D eigenvalue weighted by molar-refractivity contribution is 7.20. The third-order valence-corrected chi connectivity index (χ3v) is 14.0. The van der Waals surface area contributed by atoms with Crippen LogP contribution in [0.15, 0.2) is 96.6 Å². The lowest BCUT2D eigenvalue weighted by molar-refractivity contribution is -0.165.